The maximum Gasteiger partial charge on any atom is 0.262 e. The van der Waals surface area contributed by atoms with E-state index in [0.717, 1.165) is 0 Å². The van der Waals surface area contributed by atoms with Crippen molar-refractivity contribution in [3.8, 4) is 0 Å². The summed E-state index contributed by atoms with van der Waals surface area (Å²) in [5, 5.41) is 8.87. The molecule has 2 aromatic carbocycles. The Balaban J connectivity index is 2.37. The minimum Gasteiger partial charge on any atom is -0.392 e. The first-order chi connectivity index (χ1) is 9.83. The summed E-state index contributed by atoms with van der Waals surface area (Å²) >= 11 is 0. The number of anilines is 1. The Morgan fingerprint density at radius 2 is 1.52 bits per heavy atom. The molecule has 0 aliphatic rings. The molecule has 0 saturated heterocycles. The van der Waals surface area contributed by atoms with E-state index >= 15 is 0 Å². The third kappa shape index (κ3) is 3.34. The zero-order valence-corrected chi connectivity index (χ0v) is 11.3. The molecule has 112 valence electrons. The SMILES string of the molecule is O=S(=O)(Nc1c(F)cc(F)cc1F)c1ccc(CO)cc1. The zero-order valence-electron chi connectivity index (χ0n) is 10.5. The topological polar surface area (TPSA) is 66.4 Å². The summed E-state index contributed by atoms with van der Waals surface area (Å²) in [5.41, 5.74) is -0.476. The highest BCUT2D eigenvalue weighted by molar-refractivity contribution is 7.92. The maximum atomic E-state index is 13.4. The lowest BCUT2D eigenvalue weighted by Crippen LogP contribution is -2.15. The van der Waals surface area contributed by atoms with E-state index in [1.54, 1.807) is 4.72 Å². The van der Waals surface area contributed by atoms with E-state index in [1.165, 1.54) is 24.3 Å². The first-order valence-corrected chi connectivity index (χ1v) is 7.19. The molecule has 0 spiro atoms. The van der Waals surface area contributed by atoms with Crippen molar-refractivity contribution < 1.29 is 26.7 Å². The number of aliphatic hydroxyl groups excluding tert-OH is 1. The second kappa shape index (κ2) is 5.74. The molecule has 2 N–H and O–H groups in total. The predicted octanol–water partition coefficient (Wildman–Crippen LogP) is 2.40. The number of sulfonamides is 1. The van der Waals surface area contributed by atoms with Crippen LogP contribution in [-0.4, -0.2) is 13.5 Å². The van der Waals surface area contributed by atoms with Gasteiger partial charge in [0.05, 0.1) is 11.5 Å². The monoisotopic (exact) mass is 317 g/mol. The Bertz CT molecular complexity index is 738. The number of rotatable bonds is 4. The summed E-state index contributed by atoms with van der Waals surface area (Å²) in [4.78, 5) is -0.247. The van der Waals surface area contributed by atoms with Gasteiger partial charge in [-0.25, -0.2) is 21.6 Å². The van der Waals surface area contributed by atoms with Crippen LogP contribution in [0.2, 0.25) is 0 Å². The molecule has 0 aliphatic carbocycles. The highest BCUT2D eigenvalue weighted by Gasteiger charge is 2.20. The number of halogens is 3. The van der Waals surface area contributed by atoms with Gasteiger partial charge in [-0.15, -0.1) is 0 Å². The van der Waals surface area contributed by atoms with Crippen LogP contribution in [0.4, 0.5) is 18.9 Å². The van der Waals surface area contributed by atoms with Crippen LogP contribution in [0.3, 0.4) is 0 Å². The van der Waals surface area contributed by atoms with Crippen molar-refractivity contribution in [2.75, 3.05) is 4.72 Å². The number of aliphatic hydroxyl groups is 1. The fraction of sp³-hybridized carbons (Fsp3) is 0.0769. The third-order valence-corrected chi connectivity index (χ3v) is 4.03. The smallest absolute Gasteiger partial charge is 0.262 e. The van der Waals surface area contributed by atoms with Crippen LogP contribution in [0, 0.1) is 17.5 Å². The summed E-state index contributed by atoms with van der Waals surface area (Å²) in [7, 11) is -4.23. The van der Waals surface area contributed by atoms with Gasteiger partial charge in [0.15, 0.2) is 11.6 Å². The molecule has 8 heteroatoms. The van der Waals surface area contributed by atoms with E-state index in [-0.39, 0.29) is 11.5 Å². The van der Waals surface area contributed by atoms with E-state index in [1.807, 2.05) is 0 Å². The van der Waals surface area contributed by atoms with Crippen LogP contribution >= 0.6 is 0 Å². The number of hydrogen-bond acceptors (Lipinski definition) is 3. The first kappa shape index (κ1) is 15.3. The Labute approximate surface area is 118 Å². The lowest BCUT2D eigenvalue weighted by Gasteiger charge is -2.10. The van der Waals surface area contributed by atoms with Crippen molar-refractivity contribution in [2.24, 2.45) is 0 Å². The van der Waals surface area contributed by atoms with Gasteiger partial charge in [-0.2, -0.15) is 0 Å². The lowest BCUT2D eigenvalue weighted by atomic mass is 10.2. The van der Waals surface area contributed by atoms with Crippen molar-refractivity contribution in [1.82, 2.24) is 0 Å². The molecule has 0 amide bonds. The fourth-order valence-corrected chi connectivity index (χ4v) is 2.68. The second-order valence-corrected chi connectivity index (χ2v) is 5.83. The minimum absolute atomic E-state index is 0.247. The van der Waals surface area contributed by atoms with Gasteiger partial charge in [-0.1, -0.05) is 12.1 Å². The molecule has 0 heterocycles. The normalized spacial score (nSPS) is 11.4. The highest BCUT2D eigenvalue weighted by Crippen LogP contribution is 2.23. The Hall–Kier alpha value is -2.06. The number of nitrogens with one attached hydrogen (secondary N) is 1. The largest absolute Gasteiger partial charge is 0.392 e. The molecule has 21 heavy (non-hydrogen) atoms. The van der Waals surface area contributed by atoms with Crippen molar-refractivity contribution >= 4 is 15.7 Å². The minimum atomic E-state index is -4.23. The van der Waals surface area contributed by atoms with Gasteiger partial charge in [0.1, 0.15) is 11.5 Å². The highest BCUT2D eigenvalue weighted by atomic mass is 32.2. The molecule has 2 aromatic rings. The summed E-state index contributed by atoms with van der Waals surface area (Å²) in [6.07, 6.45) is 0. The predicted molar refractivity (Wildman–Crippen MR) is 69.5 cm³/mol. The van der Waals surface area contributed by atoms with Gasteiger partial charge in [-0.05, 0) is 17.7 Å². The average molecular weight is 317 g/mol. The Morgan fingerprint density at radius 1 is 1.00 bits per heavy atom. The van der Waals surface area contributed by atoms with Gasteiger partial charge >= 0.3 is 0 Å². The van der Waals surface area contributed by atoms with Crippen LogP contribution in [0.5, 0.6) is 0 Å². The Kier molecular flexibility index (Phi) is 4.19. The zero-order chi connectivity index (χ0) is 15.6. The van der Waals surface area contributed by atoms with E-state index in [9.17, 15) is 21.6 Å². The number of benzene rings is 2. The van der Waals surface area contributed by atoms with Crippen LogP contribution < -0.4 is 4.72 Å². The van der Waals surface area contributed by atoms with Gasteiger partial charge in [0, 0.05) is 12.1 Å². The molecule has 0 saturated carbocycles. The van der Waals surface area contributed by atoms with Crippen molar-refractivity contribution in [3.63, 3.8) is 0 Å². The molecule has 4 nitrogen and oxygen atoms in total. The van der Waals surface area contributed by atoms with E-state index < -0.39 is 33.2 Å². The van der Waals surface area contributed by atoms with Crippen molar-refractivity contribution in [2.45, 2.75) is 11.5 Å². The van der Waals surface area contributed by atoms with E-state index in [2.05, 4.69) is 0 Å². The standard InChI is InChI=1S/C13H10F3NO3S/c14-9-5-11(15)13(12(16)6-9)17-21(19,20)10-3-1-8(7-18)2-4-10/h1-6,17-18H,7H2. The van der Waals surface area contributed by atoms with Crippen LogP contribution in [0.15, 0.2) is 41.3 Å². The molecular weight excluding hydrogens is 307 g/mol. The van der Waals surface area contributed by atoms with Gasteiger partial charge in [-0.3, -0.25) is 4.72 Å². The van der Waals surface area contributed by atoms with Crippen LogP contribution in [0.1, 0.15) is 5.56 Å². The van der Waals surface area contributed by atoms with Crippen molar-refractivity contribution in [3.05, 3.63) is 59.4 Å². The second-order valence-electron chi connectivity index (χ2n) is 4.15. The number of hydrogen-bond donors (Lipinski definition) is 2. The quantitative estimate of drug-likeness (QED) is 0.910. The molecule has 0 radical (unpaired) electrons. The Morgan fingerprint density at radius 3 is 2.00 bits per heavy atom. The summed E-state index contributed by atoms with van der Waals surface area (Å²) in [6.45, 7) is -0.269. The van der Waals surface area contributed by atoms with Gasteiger partial charge in [0.25, 0.3) is 10.0 Å². The first-order valence-electron chi connectivity index (χ1n) is 5.70. The molecule has 2 rings (SSSR count). The molecule has 0 fully saturated rings. The summed E-state index contributed by atoms with van der Waals surface area (Å²) < 4.78 is 65.3. The van der Waals surface area contributed by atoms with Gasteiger partial charge in [0.2, 0.25) is 0 Å². The lowest BCUT2D eigenvalue weighted by molar-refractivity contribution is 0.282. The summed E-state index contributed by atoms with van der Waals surface area (Å²) in [5.74, 6) is -3.87. The molecule has 0 atom stereocenters. The van der Waals surface area contributed by atoms with E-state index in [0.29, 0.717) is 17.7 Å². The van der Waals surface area contributed by atoms with E-state index in [4.69, 9.17) is 5.11 Å². The van der Waals surface area contributed by atoms with Gasteiger partial charge < -0.3 is 5.11 Å². The molecule has 0 bridgehead atoms. The average Bonchev–Trinajstić information content (AvgIpc) is 2.43. The van der Waals surface area contributed by atoms with Crippen LogP contribution in [0.25, 0.3) is 0 Å². The molecule has 0 unspecified atom stereocenters. The maximum absolute atomic E-state index is 13.4. The van der Waals surface area contributed by atoms with Crippen LogP contribution in [-0.2, 0) is 16.6 Å². The molecule has 0 aromatic heterocycles. The van der Waals surface area contributed by atoms with Crippen molar-refractivity contribution in [1.29, 1.82) is 0 Å². The molecular formula is C13H10F3NO3S. The fourth-order valence-electron chi connectivity index (χ4n) is 1.61. The third-order valence-electron chi connectivity index (χ3n) is 2.66. The summed E-state index contributed by atoms with van der Waals surface area (Å²) in [6, 6.07) is 5.80. The molecule has 0 aliphatic heterocycles.